The van der Waals surface area contributed by atoms with Crippen molar-refractivity contribution in [3.8, 4) is 11.4 Å². The highest BCUT2D eigenvalue weighted by Crippen LogP contribution is 2.20. The van der Waals surface area contributed by atoms with Gasteiger partial charge in [0.2, 0.25) is 0 Å². The molecule has 0 saturated carbocycles. The van der Waals surface area contributed by atoms with Crippen molar-refractivity contribution in [2.24, 2.45) is 0 Å². The van der Waals surface area contributed by atoms with Gasteiger partial charge >= 0.3 is 0 Å². The third kappa shape index (κ3) is 2.77. The van der Waals surface area contributed by atoms with Crippen molar-refractivity contribution in [1.82, 2.24) is 20.3 Å². The standard InChI is InChI=1S/C15H19N5/c1-2-13-11-14(20-9-7-17-8-10-20)19-15(18-13)12-3-5-16-6-4-12/h3-6,11,17H,2,7-10H2,1H3. The highest BCUT2D eigenvalue weighted by Gasteiger charge is 2.14. The molecule has 0 spiro atoms. The first kappa shape index (κ1) is 13.0. The molecule has 0 unspecified atom stereocenters. The predicted octanol–water partition coefficient (Wildman–Crippen LogP) is 1.51. The molecular formula is C15H19N5. The molecule has 0 radical (unpaired) electrons. The van der Waals surface area contributed by atoms with Crippen LogP contribution in [0.2, 0.25) is 0 Å². The lowest BCUT2D eigenvalue weighted by molar-refractivity contribution is 0.584. The van der Waals surface area contributed by atoms with E-state index in [0.29, 0.717) is 0 Å². The van der Waals surface area contributed by atoms with Crippen LogP contribution in [0.25, 0.3) is 11.4 Å². The highest BCUT2D eigenvalue weighted by atomic mass is 15.2. The zero-order chi connectivity index (χ0) is 13.8. The average Bonchev–Trinajstić information content (AvgIpc) is 2.56. The maximum atomic E-state index is 4.73. The van der Waals surface area contributed by atoms with E-state index in [4.69, 9.17) is 4.98 Å². The predicted molar refractivity (Wildman–Crippen MR) is 79.7 cm³/mol. The third-order valence-corrected chi connectivity index (χ3v) is 3.51. The van der Waals surface area contributed by atoms with Crippen LogP contribution in [0.3, 0.4) is 0 Å². The molecule has 3 rings (SSSR count). The lowest BCUT2D eigenvalue weighted by Crippen LogP contribution is -2.44. The second-order valence-electron chi connectivity index (χ2n) is 4.87. The second-order valence-corrected chi connectivity index (χ2v) is 4.87. The fourth-order valence-electron chi connectivity index (χ4n) is 2.35. The summed E-state index contributed by atoms with van der Waals surface area (Å²) in [6.07, 6.45) is 4.48. The number of rotatable bonds is 3. The summed E-state index contributed by atoms with van der Waals surface area (Å²) in [6.45, 7) is 6.14. The maximum absolute atomic E-state index is 4.73. The lowest BCUT2D eigenvalue weighted by Gasteiger charge is -2.28. The Bertz CT molecular complexity index is 564. The molecule has 0 bridgehead atoms. The SMILES string of the molecule is CCc1cc(N2CCNCC2)nc(-c2ccncc2)n1. The van der Waals surface area contributed by atoms with Gasteiger partial charge in [0, 0.05) is 55.9 Å². The first-order valence-electron chi connectivity index (χ1n) is 7.11. The van der Waals surface area contributed by atoms with Crippen LogP contribution in [-0.4, -0.2) is 41.1 Å². The Kier molecular flexibility index (Phi) is 3.87. The third-order valence-electron chi connectivity index (χ3n) is 3.51. The van der Waals surface area contributed by atoms with Gasteiger partial charge in [-0.2, -0.15) is 0 Å². The summed E-state index contributed by atoms with van der Waals surface area (Å²) in [5.74, 6) is 1.82. The molecule has 0 amide bonds. The molecule has 0 aromatic carbocycles. The number of hydrogen-bond acceptors (Lipinski definition) is 5. The molecule has 104 valence electrons. The molecule has 1 N–H and O–H groups in total. The van der Waals surface area contributed by atoms with Crippen molar-refractivity contribution < 1.29 is 0 Å². The molecule has 1 saturated heterocycles. The van der Waals surface area contributed by atoms with E-state index in [0.717, 1.165) is 55.5 Å². The number of pyridine rings is 1. The van der Waals surface area contributed by atoms with Gasteiger partial charge in [-0.15, -0.1) is 0 Å². The van der Waals surface area contributed by atoms with Gasteiger partial charge in [-0.25, -0.2) is 9.97 Å². The van der Waals surface area contributed by atoms with Crippen LogP contribution in [0, 0.1) is 0 Å². The zero-order valence-corrected chi connectivity index (χ0v) is 11.7. The fourth-order valence-corrected chi connectivity index (χ4v) is 2.35. The molecule has 3 heterocycles. The van der Waals surface area contributed by atoms with Gasteiger partial charge in [0.15, 0.2) is 5.82 Å². The van der Waals surface area contributed by atoms with Gasteiger partial charge in [-0.1, -0.05) is 6.92 Å². The molecule has 5 nitrogen and oxygen atoms in total. The molecule has 2 aromatic rings. The first-order chi connectivity index (χ1) is 9.86. The largest absolute Gasteiger partial charge is 0.354 e. The zero-order valence-electron chi connectivity index (χ0n) is 11.7. The Balaban J connectivity index is 1.98. The summed E-state index contributed by atoms with van der Waals surface area (Å²) in [5.41, 5.74) is 2.10. The van der Waals surface area contributed by atoms with Crippen LogP contribution in [0.15, 0.2) is 30.6 Å². The van der Waals surface area contributed by atoms with Crippen LogP contribution >= 0.6 is 0 Å². The molecule has 1 aliphatic heterocycles. The van der Waals surface area contributed by atoms with E-state index < -0.39 is 0 Å². The van der Waals surface area contributed by atoms with E-state index in [-0.39, 0.29) is 0 Å². The normalized spacial score (nSPS) is 15.3. The number of nitrogens with one attached hydrogen (secondary N) is 1. The second kappa shape index (κ2) is 5.96. The van der Waals surface area contributed by atoms with Crippen LogP contribution in [0.5, 0.6) is 0 Å². The van der Waals surface area contributed by atoms with Gasteiger partial charge in [-0.3, -0.25) is 4.98 Å². The summed E-state index contributed by atoms with van der Waals surface area (Å²) in [5, 5.41) is 3.37. The Morgan fingerprint density at radius 1 is 1.15 bits per heavy atom. The topological polar surface area (TPSA) is 53.9 Å². The monoisotopic (exact) mass is 269 g/mol. The van der Waals surface area contributed by atoms with Crippen LogP contribution in [-0.2, 0) is 6.42 Å². The molecule has 1 fully saturated rings. The van der Waals surface area contributed by atoms with Crippen LogP contribution < -0.4 is 10.2 Å². The number of nitrogens with zero attached hydrogens (tertiary/aromatic N) is 4. The van der Waals surface area contributed by atoms with Crippen molar-refractivity contribution in [2.75, 3.05) is 31.1 Å². The van der Waals surface area contributed by atoms with Gasteiger partial charge in [0.25, 0.3) is 0 Å². The Labute approximate surface area is 119 Å². The molecule has 20 heavy (non-hydrogen) atoms. The first-order valence-corrected chi connectivity index (χ1v) is 7.11. The van der Waals surface area contributed by atoms with Gasteiger partial charge in [0.1, 0.15) is 5.82 Å². The fraction of sp³-hybridized carbons (Fsp3) is 0.400. The minimum atomic E-state index is 0.792. The van der Waals surface area contributed by atoms with E-state index in [1.165, 1.54) is 0 Å². The van der Waals surface area contributed by atoms with Crippen molar-refractivity contribution in [3.05, 3.63) is 36.3 Å². The van der Waals surface area contributed by atoms with Gasteiger partial charge < -0.3 is 10.2 Å². The van der Waals surface area contributed by atoms with Crippen molar-refractivity contribution in [1.29, 1.82) is 0 Å². The summed E-state index contributed by atoms with van der Waals surface area (Å²) < 4.78 is 0. The Morgan fingerprint density at radius 2 is 1.90 bits per heavy atom. The Hall–Kier alpha value is -2.01. The molecule has 5 heteroatoms. The van der Waals surface area contributed by atoms with E-state index in [9.17, 15) is 0 Å². The highest BCUT2D eigenvalue weighted by molar-refractivity contribution is 5.57. The maximum Gasteiger partial charge on any atom is 0.161 e. The Morgan fingerprint density at radius 3 is 2.60 bits per heavy atom. The minimum absolute atomic E-state index is 0.792. The number of aryl methyl sites for hydroxylation is 1. The quantitative estimate of drug-likeness (QED) is 0.915. The van der Waals surface area contributed by atoms with E-state index in [2.05, 4.69) is 33.2 Å². The summed E-state index contributed by atoms with van der Waals surface area (Å²) in [7, 11) is 0. The molecule has 0 aliphatic carbocycles. The van der Waals surface area contributed by atoms with Crippen molar-refractivity contribution >= 4 is 5.82 Å². The van der Waals surface area contributed by atoms with E-state index in [1.54, 1.807) is 12.4 Å². The van der Waals surface area contributed by atoms with Gasteiger partial charge in [0.05, 0.1) is 0 Å². The van der Waals surface area contributed by atoms with Gasteiger partial charge in [-0.05, 0) is 18.6 Å². The lowest BCUT2D eigenvalue weighted by atomic mass is 10.2. The molecule has 1 aliphatic rings. The average molecular weight is 269 g/mol. The number of piperazine rings is 1. The number of anilines is 1. The van der Waals surface area contributed by atoms with Crippen molar-refractivity contribution in [3.63, 3.8) is 0 Å². The smallest absolute Gasteiger partial charge is 0.161 e. The summed E-state index contributed by atoms with van der Waals surface area (Å²) in [6, 6.07) is 6.02. The number of hydrogen-bond donors (Lipinski definition) is 1. The van der Waals surface area contributed by atoms with E-state index >= 15 is 0 Å². The number of aromatic nitrogens is 3. The molecular weight excluding hydrogens is 250 g/mol. The summed E-state index contributed by atoms with van der Waals surface area (Å²) in [4.78, 5) is 15.7. The summed E-state index contributed by atoms with van der Waals surface area (Å²) >= 11 is 0. The van der Waals surface area contributed by atoms with Crippen molar-refractivity contribution in [2.45, 2.75) is 13.3 Å². The van der Waals surface area contributed by atoms with Crippen LogP contribution in [0.1, 0.15) is 12.6 Å². The minimum Gasteiger partial charge on any atom is -0.354 e. The van der Waals surface area contributed by atoms with E-state index in [1.807, 2.05) is 12.1 Å². The van der Waals surface area contributed by atoms with Crippen LogP contribution in [0.4, 0.5) is 5.82 Å². The molecule has 0 atom stereocenters. The molecule has 2 aromatic heterocycles.